The topological polar surface area (TPSA) is 32.3 Å². The molecule has 2 nitrogen and oxygen atoms in total. The van der Waals surface area contributed by atoms with E-state index in [-0.39, 0.29) is 19.0 Å². The molecule has 0 unspecified atom stereocenters. The van der Waals surface area contributed by atoms with Gasteiger partial charge in [0.2, 0.25) is 0 Å². The van der Waals surface area contributed by atoms with Crippen molar-refractivity contribution in [2.45, 2.75) is 6.92 Å². The van der Waals surface area contributed by atoms with Gasteiger partial charge < -0.3 is 10.4 Å². The van der Waals surface area contributed by atoms with Gasteiger partial charge in [0.1, 0.15) is 0 Å². The Morgan fingerprint density at radius 3 is 1.43 bits per heavy atom. The van der Waals surface area contributed by atoms with Crippen LogP contribution in [0.3, 0.4) is 0 Å². The van der Waals surface area contributed by atoms with Gasteiger partial charge in [-0.05, 0) is 21.0 Å². The van der Waals surface area contributed by atoms with Crippen molar-refractivity contribution >= 4 is 12.4 Å². The summed E-state index contributed by atoms with van der Waals surface area (Å²) < 4.78 is 0. The summed E-state index contributed by atoms with van der Waals surface area (Å²) in [6.07, 6.45) is 0. The van der Waals surface area contributed by atoms with Crippen LogP contribution < -0.4 is 5.32 Å². The first-order valence-electron chi connectivity index (χ1n) is 2.02. The van der Waals surface area contributed by atoms with Gasteiger partial charge in [-0.25, -0.2) is 0 Å². The van der Waals surface area contributed by atoms with Gasteiger partial charge >= 0.3 is 0 Å². The largest absolute Gasteiger partial charge is 0.397 e. The first-order valence-corrected chi connectivity index (χ1v) is 2.02. The lowest BCUT2D eigenvalue weighted by molar-refractivity contribution is 0.318. The molecule has 0 aromatic carbocycles. The lowest BCUT2D eigenvalue weighted by Crippen LogP contribution is -1.89. The van der Waals surface area contributed by atoms with Crippen LogP contribution in [0.1, 0.15) is 6.92 Å². The molecule has 0 amide bonds. The van der Waals surface area contributed by atoms with E-state index in [0.717, 1.165) is 0 Å². The van der Waals surface area contributed by atoms with E-state index in [1.165, 1.54) is 0 Å². The smallest absolute Gasteiger partial charge is 0.0402 e. The molecule has 0 aromatic rings. The highest BCUT2D eigenvalue weighted by Crippen LogP contribution is 1.30. The van der Waals surface area contributed by atoms with Crippen LogP contribution in [0, 0.1) is 0 Å². The third-order valence-corrected chi connectivity index (χ3v) is 0. The maximum atomic E-state index is 7.57. The fourth-order valence-corrected chi connectivity index (χ4v) is 0. The van der Waals surface area contributed by atoms with E-state index < -0.39 is 0 Å². The van der Waals surface area contributed by atoms with Crippen LogP contribution in [-0.4, -0.2) is 25.8 Å². The summed E-state index contributed by atoms with van der Waals surface area (Å²) in [5.41, 5.74) is 0. The van der Waals surface area contributed by atoms with Crippen molar-refractivity contribution in [3.8, 4) is 0 Å². The normalized spacial score (nSPS) is 5.14. The lowest BCUT2D eigenvalue weighted by Gasteiger charge is -1.59. The quantitative estimate of drug-likeness (QED) is 0.489. The molecule has 0 radical (unpaired) electrons. The second-order valence-corrected chi connectivity index (χ2v) is 0.816. The minimum Gasteiger partial charge on any atom is -0.397 e. The van der Waals surface area contributed by atoms with Crippen molar-refractivity contribution in [3.63, 3.8) is 0 Å². The molecule has 2 N–H and O–H groups in total. The molecule has 0 saturated carbocycles. The van der Waals surface area contributed by atoms with Crippen molar-refractivity contribution in [1.82, 2.24) is 5.32 Å². The van der Waals surface area contributed by atoms with E-state index in [1.54, 1.807) is 6.92 Å². The first kappa shape index (κ1) is 15.7. The Balaban J connectivity index is -0.0000000400. The van der Waals surface area contributed by atoms with Crippen LogP contribution in [0.2, 0.25) is 0 Å². The molecule has 0 aliphatic rings. The van der Waals surface area contributed by atoms with Gasteiger partial charge in [0, 0.05) is 6.61 Å². The van der Waals surface area contributed by atoms with Gasteiger partial charge in [0.05, 0.1) is 0 Å². The Morgan fingerprint density at radius 2 is 1.43 bits per heavy atom. The third-order valence-electron chi connectivity index (χ3n) is 0. The minimum atomic E-state index is 0. The van der Waals surface area contributed by atoms with E-state index in [0.29, 0.717) is 0 Å². The van der Waals surface area contributed by atoms with Crippen molar-refractivity contribution in [2.24, 2.45) is 0 Å². The summed E-state index contributed by atoms with van der Waals surface area (Å²) in [5, 5.41) is 10.3. The zero-order valence-corrected chi connectivity index (χ0v) is 5.88. The SMILES string of the molecule is CCO.CNC.Cl. The Labute approximate surface area is 51.3 Å². The third kappa shape index (κ3) is 2500. The molecule has 3 heteroatoms. The predicted octanol–water partition coefficient (Wildman–Crippen LogP) is 0.256. The van der Waals surface area contributed by atoms with Crippen LogP contribution in [0.4, 0.5) is 0 Å². The molecule has 7 heavy (non-hydrogen) atoms. The molecule has 0 fully saturated rings. The maximum Gasteiger partial charge on any atom is 0.0402 e. The van der Waals surface area contributed by atoms with Gasteiger partial charge in [-0.2, -0.15) is 0 Å². The molecule has 0 aliphatic carbocycles. The minimum absolute atomic E-state index is 0. The van der Waals surface area contributed by atoms with Crippen molar-refractivity contribution < 1.29 is 5.11 Å². The molecule has 0 aliphatic heterocycles. The van der Waals surface area contributed by atoms with E-state index >= 15 is 0 Å². The standard InChI is InChI=1S/C2H7N.C2H6O.ClH/c1-3-2;1-2-3;/h3H,1-2H3;3H,2H2,1H3;1H. The summed E-state index contributed by atoms with van der Waals surface area (Å²) >= 11 is 0. The zero-order valence-electron chi connectivity index (χ0n) is 5.06. The van der Waals surface area contributed by atoms with E-state index in [9.17, 15) is 0 Å². The molecule has 0 atom stereocenters. The molecule has 0 bridgehead atoms. The van der Waals surface area contributed by atoms with Crippen LogP contribution in [0.15, 0.2) is 0 Å². The van der Waals surface area contributed by atoms with E-state index in [1.807, 2.05) is 14.1 Å². The zero-order chi connectivity index (χ0) is 5.41. The van der Waals surface area contributed by atoms with Gasteiger partial charge in [-0.15, -0.1) is 12.4 Å². The molecule has 0 aromatic heterocycles. The fraction of sp³-hybridized carbons (Fsp3) is 1.00. The van der Waals surface area contributed by atoms with Crippen molar-refractivity contribution in [2.75, 3.05) is 20.7 Å². The maximum absolute atomic E-state index is 7.57. The van der Waals surface area contributed by atoms with E-state index in [2.05, 4.69) is 5.32 Å². The first-order chi connectivity index (χ1) is 2.83. The van der Waals surface area contributed by atoms with Gasteiger partial charge in [-0.3, -0.25) is 0 Å². The number of aliphatic hydroxyl groups is 1. The molecule has 0 heterocycles. The number of aliphatic hydroxyl groups excluding tert-OH is 1. The van der Waals surface area contributed by atoms with Gasteiger partial charge in [0.25, 0.3) is 0 Å². The highest BCUT2D eigenvalue weighted by molar-refractivity contribution is 5.85. The average Bonchev–Trinajstić information content (AvgIpc) is 1.39. The number of nitrogens with one attached hydrogen (secondary N) is 1. The predicted molar refractivity (Wildman–Crippen MR) is 35.0 cm³/mol. The highest BCUT2D eigenvalue weighted by atomic mass is 35.5. The molecular formula is C4H14ClNO. The van der Waals surface area contributed by atoms with Gasteiger partial charge in [0.15, 0.2) is 0 Å². The molecule has 0 saturated heterocycles. The van der Waals surface area contributed by atoms with Crippen molar-refractivity contribution in [3.05, 3.63) is 0 Å². The number of hydrogen-bond acceptors (Lipinski definition) is 2. The molecular weight excluding hydrogens is 114 g/mol. The Hall–Kier alpha value is 0.210. The molecule has 48 valence electrons. The molecule has 0 spiro atoms. The highest BCUT2D eigenvalue weighted by Gasteiger charge is 1.34. The number of halogens is 1. The Kier molecular flexibility index (Phi) is 77.3. The summed E-state index contributed by atoms with van der Waals surface area (Å²) in [4.78, 5) is 0. The van der Waals surface area contributed by atoms with Crippen LogP contribution in [-0.2, 0) is 0 Å². The number of hydrogen-bond donors (Lipinski definition) is 2. The number of rotatable bonds is 0. The monoisotopic (exact) mass is 127 g/mol. The van der Waals surface area contributed by atoms with Crippen LogP contribution in [0.5, 0.6) is 0 Å². The summed E-state index contributed by atoms with van der Waals surface area (Å²) in [5.74, 6) is 0. The van der Waals surface area contributed by atoms with Crippen LogP contribution in [0.25, 0.3) is 0 Å². The lowest BCUT2D eigenvalue weighted by atomic mass is 10.9. The van der Waals surface area contributed by atoms with Crippen LogP contribution >= 0.6 is 12.4 Å². The van der Waals surface area contributed by atoms with E-state index in [4.69, 9.17) is 5.11 Å². The van der Waals surface area contributed by atoms with Gasteiger partial charge in [-0.1, -0.05) is 0 Å². The fourth-order valence-electron chi connectivity index (χ4n) is 0. The Bertz CT molecular complexity index is 13.7. The average molecular weight is 128 g/mol. The Morgan fingerprint density at radius 1 is 1.43 bits per heavy atom. The second kappa shape index (κ2) is 34.5. The summed E-state index contributed by atoms with van der Waals surface area (Å²) in [7, 11) is 3.75. The van der Waals surface area contributed by atoms with Crippen molar-refractivity contribution in [1.29, 1.82) is 0 Å². The summed E-state index contributed by atoms with van der Waals surface area (Å²) in [6, 6.07) is 0. The summed E-state index contributed by atoms with van der Waals surface area (Å²) in [6.45, 7) is 1.93. The second-order valence-electron chi connectivity index (χ2n) is 0.816. The molecule has 0 rings (SSSR count).